The Hall–Kier alpha value is -3.15. The van der Waals surface area contributed by atoms with Gasteiger partial charge in [-0.2, -0.15) is 0 Å². The second kappa shape index (κ2) is 48.5. The van der Waals surface area contributed by atoms with Gasteiger partial charge in [0.25, 0.3) is 0 Å². The van der Waals surface area contributed by atoms with Crippen molar-refractivity contribution in [1.29, 1.82) is 0 Å². The molecule has 6 heteroatoms. The first-order chi connectivity index (χ1) is 29.5. The van der Waals surface area contributed by atoms with E-state index in [0.717, 1.165) is 64.2 Å². The van der Waals surface area contributed by atoms with Gasteiger partial charge in [-0.25, -0.2) is 0 Å². The second-order valence-corrected chi connectivity index (χ2v) is 16.3. The average molecular weight is 837 g/mol. The van der Waals surface area contributed by atoms with Gasteiger partial charge in [0, 0.05) is 19.3 Å². The second-order valence-electron chi connectivity index (χ2n) is 16.3. The summed E-state index contributed by atoms with van der Waals surface area (Å²) in [7, 11) is 0. The molecular formula is C54H92O6. The molecule has 1 unspecified atom stereocenters. The van der Waals surface area contributed by atoms with Crippen LogP contribution in [0.4, 0.5) is 0 Å². The number of carbonyl (C=O) groups excluding carboxylic acids is 3. The number of hydrogen-bond acceptors (Lipinski definition) is 6. The maximum absolute atomic E-state index is 12.8. The Bertz CT molecular complexity index is 1140. The first-order valence-electron chi connectivity index (χ1n) is 24.9. The van der Waals surface area contributed by atoms with E-state index < -0.39 is 6.10 Å². The van der Waals surface area contributed by atoms with Gasteiger partial charge in [0.05, 0.1) is 0 Å². The van der Waals surface area contributed by atoms with Crippen LogP contribution in [0.3, 0.4) is 0 Å². The number of esters is 3. The molecule has 0 saturated heterocycles. The summed E-state index contributed by atoms with van der Waals surface area (Å²) in [4.78, 5) is 37.8. The fourth-order valence-electron chi connectivity index (χ4n) is 6.72. The summed E-state index contributed by atoms with van der Waals surface area (Å²) in [6, 6.07) is 0. The van der Waals surface area contributed by atoms with E-state index in [-0.39, 0.29) is 44.0 Å². The van der Waals surface area contributed by atoms with Gasteiger partial charge in [0.1, 0.15) is 13.2 Å². The van der Waals surface area contributed by atoms with Crippen LogP contribution in [0.15, 0.2) is 72.9 Å². The van der Waals surface area contributed by atoms with E-state index in [1.807, 2.05) is 0 Å². The van der Waals surface area contributed by atoms with Gasteiger partial charge in [-0.1, -0.05) is 209 Å². The highest BCUT2D eigenvalue weighted by molar-refractivity contribution is 5.71. The summed E-state index contributed by atoms with van der Waals surface area (Å²) < 4.78 is 16.7. The lowest BCUT2D eigenvalue weighted by molar-refractivity contribution is -0.167. The SMILES string of the molecule is CC/C=C\C/C=C\C/C=C\CCCC(=O)OCC(COC(=O)CCC/C=C\C/C=C\C/C=C\CCCCCCCC)OC(=O)CCCCCCCCCCCCCCCC. The Morgan fingerprint density at radius 2 is 0.667 bits per heavy atom. The number of rotatable bonds is 44. The molecule has 0 spiro atoms. The maximum atomic E-state index is 12.8. The molecule has 6 nitrogen and oxygen atoms in total. The highest BCUT2D eigenvalue weighted by Gasteiger charge is 2.19. The lowest BCUT2D eigenvalue weighted by atomic mass is 10.0. The van der Waals surface area contributed by atoms with Gasteiger partial charge >= 0.3 is 17.9 Å². The van der Waals surface area contributed by atoms with Crippen molar-refractivity contribution in [2.45, 2.75) is 239 Å². The third-order valence-electron chi connectivity index (χ3n) is 10.4. The minimum atomic E-state index is -0.812. The molecule has 0 rings (SSSR count). The van der Waals surface area contributed by atoms with Gasteiger partial charge in [-0.15, -0.1) is 0 Å². The molecule has 0 aromatic rings. The fourth-order valence-corrected chi connectivity index (χ4v) is 6.72. The van der Waals surface area contributed by atoms with E-state index >= 15 is 0 Å². The van der Waals surface area contributed by atoms with Crippen molar-refractivity contribution in [3.05, 3.63) is 72.9 Å². The molecule has 0 aliphatic heterocycles. The van der Waals surface area contributed by atoms with Gasteiger partial charge in [0.2, 0.25) is 0 Å². The average Bonchev–Trinajstić information content (AvgIpc) is 3.24. The highest BCUT2D eigenvalue weighted by atomic mass is 16.6. The van der Waals surface area contributed by atoms with Gasteiger partial charge in [-0.3, -0.25) is 14.4 Å². The Kier molecular flexibility index (Phi) is 46.0. The first-order valence-corrected chi connectivity index (χ1v) is 24.9. The number of hydrogen-bond donors (Lipinski definition) is 0. The molecule has 1 atom stereocenters. The topological polar surface area (TPSA) is 78.9 Å². The summed E-state index contributed by atoms with van der Waals surface area (Å²) >= 11 is 0. The lowest BCUT2D eigenvalue weighted by Gasteiger charge is -2.18. The zero-order chi connectivity index (χ0) is 43.7. The summed E-state index contributed by atoms with van der Waals surface area (Å²) in [5, 5.41) is 0. The molecule has 344 valence electrons. The number of ether oxygens (including phenoxy) is 3. The van der Waals surface area contributed by atoms with Crippen molar-refractivity contribution < 1.29 is 28.6 Å². The van der Waals surface area contributed by atoms with Crippen LogP contribution >= 0.6 is 0 Å². The van der Waals surface area contributed by atoms with E-state index in [1.165, 1.54) is 116 Å². The molecule has 0 aromatic heterocycles. The van der Waals surface area contributed by atoms with Crippen molar-refractivity contribution in [3.63, 3.8) is 0 Å². The third kappa shape index (κ3) is 45.9. The van der Waals surface area contributed by atoms with E-state index in [4.69, 9.17) is 14.2 Å². The van der Waals surface area contributed by atoms with Crippen molar-refractivity contribution >= 4 is 17.9 Å². The van der Waals surface area contributed by atoms with Crippen molar-refractivity contribution in [3.8, 4) is 0 Å². The van der Waals surface area contributed by atoms with E-state index in [1.54, 1.807) is 0 Å². The first kappa shape index (κ1) is 56.9. The minimum Gasteiger partial charge on any atom is -0.462 e. The number of carbonyl (C=O) groups is 3. The molecule has 60 heavy (non-hydrogen) atoms. The van der Waals surface area contributed by atoms with Gasteiger partial charge < -0.3 is 14.2 Å². The van der Waals surface area contributed by atoms with Gasteiger partial charge in [0.15, 0.2) is 6.10 Å². The predicted molar refractivity (Wildman–Crippen MR) is 256 cm³/mol. The molecule has 0 heterocycles. The molecule has 0 saturated carbocycles. The monoisotopic (exact) mass is 837 g/mol. The standard InChI is InChI=1S/C54H92O6/c1-4-7-10-13-16-19-22-24-26-27-28-30-32-35-38-41-44-47-53(56)59-50-51(49-58-52(55)46-43-40-37-34-31-21-18-15-12-9-6-3)60-54(57)48-45-42-39-36-33-29-25-23-20-17-14-11-8-5-2/h9,12,18,21,24,26,28,30,34-35,37-38,51H,4-8,10-11,13-17,19-20,22-23,25,27,29,31-33,36,39-50H2,1-3H3/b12-9-,21-18-,26-24-,30-28-,37-34-,38-35-. The molecule has 0 N–H and O–H groups in total. The third-order valence-corrected chi connectivity index (χ3v) is 10.4. The van der Waals surface area contributed by atoms with Crippen LogP contribution in [-0.2, 0) is 28.6 Å². The van der Waals surface area contributed by atoms with Crippen molar-refractivity contribution in [1.82, 2.24) is 0 Å². The van der Waals surface area contributed by atoms with Gasteiger partial charge in [-0.05, 0) is 77.0 Å². The lowest BCUT2D eigenvalue weighted by Crippen LogP contribution is -2.30. The minimum absolute atomic E-state index is 0.116. The zero-order valence-electron chi connectivity index (χ0n) is 39.2. The predicted octanol–water partition coefficient (Wildman–Crippen LogP) is 16.3. The van der Waals surface area contributed by atoms with Crippen LogP contribution in [0.25, 0.3) is 0 Å². The molecule has 0 aromatic carbocycles. The molecule has 0 bridgehead atoms. The molecule has 0 amide bonds. The number of unbranched alkanes of at least 4 members (excludes halogenated alkanes) is 21. The van der Waals surface area contributed by atoms with E-state index in [9.17, 15) is 14.4 Å². The van der Waals surface area contributed by atoms with Crippen LogP contribution in [0.2, 0.25) is 0 Å². The molecule has 0 fully saturated rings. The van der Waals surface area contributed by atoms with Crippen LogP contribution in [-0.4, -0.2) is 37.2 Å². The van der Waals surface area contributed by atoms with Crippen LogP contribution in [0, 0.1) is 0 Å². The summed E-state index contributed by atoms with van der Waals surface area (Å²) in [5.74, 6) is -1.02. The van der Waals surface area contributed by atoms with Crippen LogP contribution in [0.5, 0.6) is 0 Å². The zero-order valence-corrected chi connectivity index (χ0v) is 39.2. The summed E-state index contributed by atoms with van der Waals surface area (Å²) in [6.07, 6.45) is 60.5. The van der Waals surface area contributed by atoms with Crippen LogP contribution in [0.1, 0.15) is 233 Å². The Labute approximate surface area is 370 Å². The largest absolute Gasteiger partial charge is 0.462 e. The Morgan fingerprint density at radius 1 is 0.350 bits per heavy atom. The number of allylic oxidation sites excluding steroid dienone is 12. The van der Waals surface area contributed by atoms with Crippen molar-refractivity contribution in [2.24, 2.45) is 0 Å². The van der Waals surface area contributed by atoms with Crippen LogP contribution < -0.4 is 0 Å². The smallest absolute Gasteiger partial charge is 0.306 e. The molecule has 0 radical (unpaired) electrons. The Morgan fingerprint density at radius 3 is 1.07 bits per heavy atom. The fraction of sp³-hybridized carbons (Fsp3) is 0.722. The van der Waals surface area contributed by atoms with E-state index in [0.29, 0.717) is 19.3 Å². The Balaban J connectivity index is 4.48. The summed E-state index contributed by atoms with van der Waals surface area (Å²) in [5.41, 5.74) is 0. The normalized spacial score (nSPS) is 12.7. The van der Waals surface area contributed by atoms with E-state index in [2.05, 4.69) is 93.7 Å². The molecule has 0 aliphatic carbocycles. The summed E-state index contributed by atoms with van der Waals surface area (Å²) in [6.45, 7) is 6.42. The highest BCUT2D eigenvalue weighted by Crippen LogP contribution is 2.14. The quantitative estimate of drug-likeness (QED) is 0.0263. The maximum Gasteiger partial charge on any atom is 0.306 e. The molecular weight excluding hydrogens is 745 g/mol. The van der Waals surface area contributed by atoms with Crippen molar-refractivity contribution in [2.75, 3.05) is 13.2 Å². The molecule has 0 aliphatic rings.